The van der Waals surface area contributed by atoms with Gasteiger partial charge in [0, 0.05) is 0 Å². The summed E-state index contributed by atoms with van der Waals surface area (Å²) in [5.74, 6) is 0.418. The van der Waals surface area contributed by atoms with Crippen molar-refractivity contribution in [3.63, 3.8) is 0 Å². The van der Waals surface area contributed by atoms with Crippen molar-refractivity contribution in [2.45, 2.75) is 6.61 Å². The second-order valence-electron chi connectivity index (χ2n) is 5.78. The van der Waals surface area contributed by atoms with Gasteiger partial charge in [-0.05, 0) is 59.7 Å². The summed E-state index contributed by atoms with van der Waals surface area (Å²) in [5.41, 5.74) is 6.37. The minimum atomic E-state index is -0.346. The number of rotatable bonds is 7. The number of methoxy groups -OCH3 is 1. The molecule has 0 spiro atoms. The number of hydrogen-bond donors (Lipinski definition) is 1. The third kappa shape index (κ3) is 5.44. The highest BCUT2D eigenvalue weighted by molar-refractivity contribution is 5.89. The number of carbonyl (C=O) groups is 1. The van der Waals surface area contributed by atoms with E-state index in [2.05, 4.69) is 15.3 Å². The van der Waals surface area contributed by atoms with Gasteiger partial charge in [-0.3, -0.25) is 5.43 Å². The van der Waals surface area contributed by atoms with Gasteiger partial charge >= 0.3 is 5.97 Å². The number of hydrogen-bond acceptors (Lipinski definition) is 5. The highest BCUT2D eigenvalue weighted by Gasteiger charge is 2.04. The van der Waals surface area contributed by atoms with Gasteiger partial charge in [0.15, 0.2) is 0 Å². The summed E-state index contributed by atoms with van der Waals surface area (Å²) < 4.78 is 10.5. The second-order valence-corrected chi connectivity index (χ2v) is 5.78. The Morgan fingerprint density at radius 1 is 0.963 bits per heavy atom. The largest absolute Gasteiger partial charge is 0.489 e. The van der Waals surface area contributed by atoms with Crippen LogP contribution in [0.4, 0.5) is 5.69 Å². The topological polar surface area (TPSA) is 59.9 Å². The molecule has 5 heteroatoms. The minimum Gasteiger partial charge on any atom is -0.489 e. The van der Waals surface area contributed by atoms with Gasteiger partial charge in [0.1, 0.15) is 12.4 Å². The Morgan fingerprint density at radius 3 is 2.33 bits per heavy atom. The highest BCUT2D eigenvalue weighted by Crippen LogP contribution is 2.14. The first-order chi connectivity index (χ1) is 13.2. The first kappa shape index (κ1) is 18.2. The quantitative estimate of drug-likeness (QED) is 0.383. The van der Waals surface area contributed by atoms with E-state index in [0.29, 0.717) is 12.2 Å². The van der Waals surface area contributed by atoms with E-state index in [9.17, 15) is 4.79 Å². The number of benzene rings is 3. The summed E-state index contributed by atoms with van der Waals surface area (Å²) in [5, 5.41) is 4.21. The lowest BCUT2D eigenvalue weighted by Gasteiger charge is -2.07. The standard InChI is InChI=1S/C22H20N2O3/c1-26-22(25)19-11-7-18(8-12-19)16-27-21-13-9-17(10-14-21)15-23-24-20-5-3-2-4-6-20/h2-15,24H,16H2,1H3. The van der Waals surface area contributed by atoms with Crippen molar-refractivity contribution in [3.8, 4) is 5.75 Å². The lowest BCUT2D eigenvalue weighted by atomic mass is 10.1. The van der Waals surface area contributed by atoms with Crippen molar-refractivity contribution in [3.05, 3.63) is 95.6 Å². The van der Waals surface area contributed by atoms with Gasteiger partial charge in [-0.25, -0.2) is 4.79 Å². The number of ether oxygens (including phenoxy) is 2. The van der Waals surface area contributed by atoms with E-state index < -0.39 is 0 Å². The number of anilines is 1. The summed E-state index contributed by atoms with van der Waals surface area (Å²) in [7, 11) is 1.37. The lowest BCUT2D eigenvalue weighted by Crippen LogP contribution is -2.02. The maximum absolute atomic E-state index is 11.4. The van der Waals surface area contributed by atoms with Gasteiger partial charge in [-0.15, -0.1) is 0 Å². The maximum Gasteiger partial charge on any atom is 0.337 e. The van der Waals surface area contributed by atoms with Gasteiger partial charge < -0.3 is 9.47 Å². The zero-order chi connectivity index (χ0) is 18.9. The number of nitrogens with one attached hydrogen (secondary N) is 1. The molecule has 0 saturated heterocycles. The molecule has 0 radical (unpaired) electrons. The van der Waals surface area contributed by atoms with Gasteiger partial charge in [0.2, 0.25) is 0 Å². The highest BCUT2D eigenvalue weighted by atomic mass is 16.5. The molecule has 27 heavy (non-hydrogen) atoms. The van der Waals surface area contributed by atoms with Crippen LogP contribution < -0.4 is 10.2 Å². The summed E-state index contributed by atoms with van der Waals surface area (Å²) >= 11 is 0. The molecule has 0 aliphatic carbocycles. The first-order valence-electron chi connectivity index (χ1n) is 8.49. The zero-order valence-corrected chi connectivity index (χ0v) is 15.0. The Hall–Kier alpha value is -3.60. The molecule has 1 N–H and O–H groups in total. The molecule has 0 saturated carbocycles. The predicted molar refractivity (Wildman–Crippen MR) is 106 cm³/mol. The molecule has 3 aromatic carbocycles. The molecule has 136 valence electrons. The second kappa shape index (κ2) is 9.20. The number of esters is 1. The predicted octanol–water partition coefficient (Wildman–Crippen LogP) is 4.50. The molecular formula is C22H20N2O3. The average molecular weight is 360 g/mol. The third-order valence-electron chi connectivity index (χ3n) is 3.84. The van der Waals surface area contributed by atoms with Crippen molar-refractivity contribution in [1.82, 2.24) is 0 Å². The Kier molecular flexibility index (Phi) is 6.20. The average Bonchev–Trinajstić information content (AvgIpc) is 2.74. The molecule has 0 bridgehead atoms. The monoisotopic (exact) mass is 360 g/mol. The smallest absolute Gasteiger partial charge is 0.337 e. The Bertz CT molecular complexity index is 889. The molecule has 0 atom stereocenters. The van der Waals surface area contributed by atoms with Crippen LogP contribution in [0.2, 0.25) is 0 Å². The van der Waals surface area contributed by atoms with Gasteiger partial charge in [0.25, 0.3) is 0 Å². The summed E-state index contributed by atoms with van der Waals surface area (Å²) in [6.45, 7) is 0.421. The lowest BCUT2D eigenvalue weighted by molar-refractivity contribution is 0.0600. The Morgan fingerprint density at radius 2 is 1.67 bits per heavy atom. The van der Waals surface area contributed by atoms with E-state index in [0.717, 1.165) is 22.6 Å². The van der Waals surface area contributed by atoms with Gasteiger partial charge in [-0.1, -0.05) is 30.3 Å². The number of hydrazone groups is 1. The molecule has 0 heterocycles. The van der Waals surface area contributed by atoms with Crippen molar-refractivity contribution >= 4 is 17.9 Å². The Balaban J connectivity index is 1.51. The van der Waals surface area contributed by atoms with Gasteiger partial charge in [-0.2, -0.15) is 5.10 Å². The summed E-state index contributed by atoms with van der Waals surface area (Å²) in [6, 6.07) is 24.6. The summed E-state index contributed by atoms with van der Waals surface area (Å²) in [6.07, 6.45) is 1.75. The van der Waals surface area contributed by atoms with E-state index in [4.69, 9.17) is 4.74 Å². The minimum absolute atomic E-state index is 0.346. The van der Waals surface area contributed by atoms with Crippen molar-refractivity contribution < 1.29 is 14.3 Å². The fraction of sp³-hybridized carbons (Fsp3) is 0.0909. The number of para-hydroxylation sites is 1. The van der Waals surface area contributed by atoms with Crippen molar-refractivity contribution in [2.75, 3.05) is 12.5 Å². The molecule has 0 fully saturated rings. The maximum atomic E-state index is 11.4. The van der Waals surface area contributed by atoms with Crippen LogP contribution in [-0.2, 0) is 11.3 Å². The van der Waals surface area contributed by atoms with E-state index in [1.54, 1.807) is 18.3 Å². The van der Waals surface area contributed by atoms with Crippen LogP contribution >= 0.6 is 0 Å². The molecule has 0 aromatic heterocycles. The molecule has 3 aromatic rings. The first-order valence-corrected chi connectivity index (χ1v) is 8.49. The van der Waals surface area contributed by atoms with Crippen LogP contribution in [0.1, 0.15) is 21.5 Å². The van der Waals surface area contributed by atoms with Crippen LogP contribution in [0.5, 0.6) is 5.75 Å². The van der Waals surface area contributed by atoms with Crippen LogP contribution in [0.3, 0.4) is 0 Å². The molecule has 5 nitrogen and oxygen atoms in total. The van der Waals surface area contributed by atoms with E-state index in [-0.39, 0.29) is 5.97 Å². The SMILES string of the molecule is COC(=O)c1ccc(COc2ccc(C=NNc3ccccc3)cc2)cc1. The third-order valence-corrected chi connectivity index (χ3v) is 3.84. The van der Waals surface area contributed by atoms with E-state index in [1.807, 2.05) is 66.7 Å². The van der Waals surface area contributed by atoms with E-state index >= 15 is 0 Å². The van der Waals surface area contributed by atoms with Crippen LogP contribution in [0.15, 0.2) is 84.0 Å². The molecule has 0 aliphatic heterocycles. The van der Waals surface area contributed by atoms with Crippen molar-refractivity contribution in [1.29, 1.82) is 0 Å². The molecule has 0 aliphatic rings. The van der Waals surface area contributed by atoms with Crippen molar-refractivity contribution in [2.24, 2.45) is 5.10 Å². The number of carbonyl (C=O) groups excluding carboxylic acids is 1. The molecule has 0 unspecified atom stereocenters. The summed E-state index contributed by atoms with van der Waals surface area (Å²) in [4.78, 5) is 11.4. The van der Waals surface area contributed by atoms with Crippen LogP contribution in [0, 0.1) is 0 Å². The van der Waals surface area contributed by atoms with Crippen LogP contribution in [-0.4, -0.2) is 19.3 Å². The van der Waals surface area contributed by atoms with E-state index in [1.165, 1.54) is 7.11 Å². The fourth-order valence-electron chi connectivity index (χ4n) is 2.37. The molecule has 0 amide bonds. The molecule has 3 rings (SSSR count). The van der Waals surface area contributed by atoms with Gasteiger partial charge in [0.05, 0.1) is 24.6 Å². The normalized spacial score (nSPS) is 10.6. The fourth-order valence-corrected chi connectivity index (χ4v) is 2.37. The Labute approximate surface area is 158 Å². The molecular weight excluding hydrogens is 340 g/mol. The zero-order valence-electron chi connectivity index (χ0n) is 15.0. The van der Waals surface area contributed by atoms with Crippen LogP contribution in [0.25, 0.3) is 0 Å². The number of nitrogens with zero attached hydrogens (tertiary/aromatic N) is 1.